The van der Waals surface area contributed by atoms with Crippen LogP contribution < -0.4 is 5.32 Å². The fourth-order valence-electron chi connectivity index (χ4n) is 1.35. The van der Waals surface area contributed by atoms with E-state index in [4.69, 9.17) is 10.2 Å². The molecule has 0 bridgehead atoms. The molecule has 0 radical (unpaired) electrons. The van der Waals surface area contributed by atoms with Crippen molar-refractivity contribution in [2.75, 3.05) is 7.05 Å². The number of nitrogens with one attached hydrogen (secondary N) is 2. The minimum Gasteiger partial charge on any atom is -0.359 e. The molecule has 0 aromatic rings. The molecule has 2 N–H and O–H groups in total. The average molecular weight is 241 g/mol. The molecule has 1 saturated heterocycles. The Morgan fingerprint density at radius 1 is 1.41 bits per heavy atom. The SMILES string of the molecule is CNC(=O)CCCC(=O)ON1C(=N)CCC1=O. The molecule has 94 valence electrons. The second-order valence-corrected chi connectivity index (χ2v) is 3.62. The van der Waals surface area contributed by atoms with Crippen molar-refractivity contribution in [2.24, 2.45) is 0 Å². The van der Waals surface area contributed by atoms with Crippen molar-refractivity contribution in [1.82, 2.24) is 10.4 Å². The zero-order valence-corrected chi connectivity index (χ0v) is 9.62. The third-order valence-electron chi connectivity index (χ3n) is 2.30. The Kier molecular flexibility index (Phi) is 4.62. The van der Waals surface area contributed by atoms with E-state index in [9.17, 15) is 14.4 Å². The Morgan fingerprint density at radius 3 is 2.65 bits per heavy atom. The lowest BCUT2D eigenvalue weighted by Gasteiger charge is -2.14. The van der Waals surface area contributed by atoms with Gasteiger partial charge in [0.1, 0.15) is 5.84 Å². The van der Waals surface area contributed by atoms with Crippen LogP contribution in [0, 0.1) is 5.41 Å². The molecule has 0 unspecified atom stereocenters. The van der Waals surface area contributed by atoms with E-state index in [1.54, 1.807) is 0 Å². The highest BCUT2D eigenvalue weighted by molar-refractivity contribution is 6.02. The number of nitrogens with zero attached hydrogens (tertiary/aromatic N) is 1. The lowest BCUT2D eigenvalue weighted by atomic mass is 10.2. The molecule has 2 amide bonds. The number of carbonyl (C=O) groups is 3. The number of hydrogen-bond acceptors (Lipinski definition) is 5. The minimum atomic E-state index is -0.603. The van der Waals surface area contributed by atoms with E-state index in [1.807, 2.05) is 0 Å². The highest BCUT2D eigenvalue weighted by Crippen LogP contribution is 2.13. The van der Waals surface area contributed by atoms with Crippen molar-refractivity contribution in [3.05, 3.63) is 0 Å². The molecule has 0 atom stereocenters. The summed E-state index contributed by atoms with van der Waals surface area (Å²) in [6, 6.07) is 0. The predicted molar refractivity (Wildman–Crippen MR) is 57.8 cm³/mol. The van der Waals surface area contributed by atoms with Gasteiger partial charge in [0.2, 0.25) is 5.91 Å². The molecule has 0 aromatic carbocycles. The normalized spacial score (nSPS) is 15.0. The van der Waals surface area contributed by atoms with Crippen LogP contribution in [0.25, 0.3) is 0 Å². The van der Waals surface area contributed by atoms with Crippen molar-refractivity contribution < 1.29 is 19.2 Å². The maximum absolute atomic E-state index is 11.3. The van der Waals surface area contributed by atoms with Crippen LogP contribution in [0.2, 0.25) is 0 Å². The molecule has 1 heterocycles. The van der Waals surface area contributed by atoms with Crippen molar-refractivity contribution in [3.8, 4) is 0 Å². The van der Waals surface area contributed by atoms with E-state index in [0.717, 1.165) is 5.06 Å². The zero-order valence-electron chi connectivity index (χ0n) is 9.62. The summed E-state index contributed by atoms with van der Waals surface area (Å²) in [6.07, 6.45) is 1.13. The topological polar surface area (TPSA) is 99.6 Å². The molecular weight excluding hydrogens is 226 g/mol. The van der Waals surface area contributed by atoms with Crippen molar-refractivity contribution in [1.29, 1.82) is 5.41 Å². The van der Waals surface area contributed by atoms with Crippen LogP contribution in [0.1, 0.15) is 32.1 Å². The summed E-state index contributed by atoms with van der Waals surface area (Å²) < 4.78 is 0. The van der Waals surface area contributed by atoms with Gasteiger partial charge >= 0.3 is 5.97 Å². The second-order valence-electron chi connectivity index (χ2n) is 3.62. The lowest BCUT2D eigenvalue weighted by Crippen LogP contribution is -2.31. The summed E-state index contributed by atoms with van der Waals surface area (Å²) in [7, 11) is 1.52. The van der Waals surface area contributed by atoms with E-state index >= 15 is 0 Å². The van der Waals surface area contributed by atoms with E-state index in [1.165, 1.54) is 7.05 Å². The number of rotatable bonds is 5. The standard InChI is InChI=1S/C10H15N3O4/c1-12-8(14)3-2-4-10(16)17-13-7(11)5-6-9(13)15/h11H,2-6H2,1H3,(H,12,14). The number of amidine groups is 1. The van der Waals surface area contributed by atoms with Gasteiger partial charge in [-0.05, 0) is 6.42 Å². The van der Waals surface area contributed by atoms with Crippen LogP contribution >= 0.6 is 0 Å². The molecule has 1 aliphatic rings. The Hall–Kier alpha value is -1.92. The lowest BCUT2D eigenvalue weighted by molar-refractivity contribution is -0.180. The molecular formula is C10H15N3O4. The molecule has 1 rings (SSSR count). The quantitative estimate of drug-likeness (QED) is 0.705. The van der Waals surface area contributed by atoms with Crippen molar-refractivity contribution in [3.63, 3.8) is 0 Å². The van der Waals surface area contributed by atoms with E-state index in [2.05, 4.69) is 5.32 Å². The molecule has 7 nitrogen and oxygen atoms in total. The highest BCUT2D eigenvalue weighted by atomic mass is 16.7. The first-order valence-electron chi connectivity index (χ1n) is 5.36. The highest BCUT2D eigenvalue weighted by Gasteiger charge is 2.29. The summed E-state index contributed by atoms with van der Waals surface area (Å²) in [4.78, 5) is 38.1. The van der Waals surface area contributed by atoms with Crippen LogP contribution in [0.5, 0.6) is 0 Å². The van der Waals surface area contributed by atoms with Crippen molar-refractivity contribution in [2.45, 2.75) is 32.1 Å². The van der Waals surface area contributed by atoms with Gasteiger partial charge in [-0.25, -0.2) is 4.79 Å². The Labute approximate surface area is 98.6 Å². The second kappa shape index (κ2) is 5.97. The summed E-state index contributed by atoms with van der Waals surface area (Å²) in [5.41, 5.74) is 0. The fourth-order valence-corrected chi connectivity index (χ4v) is 1.35. The van der Waals surface area contributed by atoms with Gasteiger partial charge in [-0.15, -0.1) is 5.06 Å². The average Bonchev–Trinajstić information content (AvgIpc) is 2.60. The molecule has 0 spiro atoms. The monoisotopic (exact) mass is 241 g/mol. The first kappa shape index (κ1) is 13.1. The first-order chi connectivity index (χ1) is 8.04. The summed E-state index contributed by atoms with van der Waals surface area (Å²) in [5, 5.41) is 10.5. The molecule has 0 saturated carbocycles. The first-order valence-corrected chi connectivity index (χ1v) is 5.36. The van der Waals surface area contributed by atoms with Crippen LogP contribution in [0.3, 0.4) is 0 Å². The van der Waals surface area contributed by atoms with Gasteiger partial charge < -0.3 is 10.2 Å². The molecule has 17 heavy (non-hydrogen) atoms. The zero-order chi connectivity index (χ0) is 12.8. The Morgan fingerprint density at radius 2 is 2.12 bits per heavy atom. The van der Waals surface area contributed by atoms with Crippen LogP contribution in [0.15, 0.2) is 0 Å². The molecule has 1 fully saturated rings. The van der Waals surface area contributed by atoms with Gasteiger partial charge in [-0.1, -0.05) is 0 Å². The van der Waals surface area contributed by atoms with Gasteiger partial charge in [0.05, 0.1) is 0 Å². The molecule has 1 aliphatic heterocycles. The van der Waals surface area contributed by atoms with Gasteiger partial charge in [0, 0.05) is 32.7 Å². The predicted octanol–water partition coefficient (Wildman–Crippen LogP) is -0.0394. The Bertz CT molecular complexity index is 337. The van der Waals surface area contributed by atoms with Crippen LogP contribution in [-0.4, -0.2) is 35.7 Å². The third-order valence-corrected chi connectivity index (χ3v) is 2.30. The minimum absolute atomic E-state index is 0.00495. The smallest absolute Gasteiger partial charge is 0.333 e. The summed E-state index contributed by atoms with van der Waals surface area (Å²) >= 11 is 0. The van der Waals surface area contributed by atoms with Gasteiger partial charge in [-0.2, -0.15) is 0 Å². The number of carbonyl (C=O) groups excluding carboxylic acids is 3. The number of hydroxylamine groups is 2. The molecule has 0 aromatic heterocycles. The van der Waals surface area contributed by atoms with E-state index < -0.39 is 5.97 Å². The Balaban J connectivity index is 2.27. The molecule has 0 aliphatic carbocycles. The van der Waals surface area contributed by atoms with Gasteiger partial charge in [-0.3, -0.25) is 15.0 Å². The van der Waals surface area contributed by atoms with Gasteiger partial charge in [0.25, 0.3) is 5.91 Å². The third kappa shape index (κ3) is 3.86. The van der Waals surface area contributed by atoms with Gasteiger partial charge in [0.15, 0.2) is 0 Å². The number of hydrogen-bond donors (Lipinski definition) is 2. The largest absolute Gasteiger partial charge is 0.359 e. The fraction of sp³-hybridized carbons (Fsp3) is 0.600. The van der Waals surface area contributed by atoms with Crippen molar-refractivity contribution >= 4 is 23.6 Å². The van der Waals surface area contributed by atoms with Crippen LogP contribution in [0.4, 0.5) is 0 Å². The molecule has 7 heteroatoms. The summed E-state index contributed by atoms with van der Waals surface area (Å²) in [5.74, 6) is -1.14. The maximum atomic E-state index is 11.3. The van der Waals surface area contributed by atoms with E-state index in [-0.39, 0.29) is 36.9 Å². The maximum Gasteiger partial charge on any atom is 0.333 e. The number of amides is 2. The van der Waals surface area contributed by atoms with E-state index in [0.29, 0.717) is 12.8 Å². The summed E-state index contributed by atoms with van der Waals surface area (Å²) in [6.45, 7) is 0. The van der Waals surface area contributed by atoms with Crippen LogP contribution in [-0.2, 0) is 19.2 Å².